The molecule has 0 saturated heterocycles. The number of hydrogen-bond acceptors (Lipinski definition) is 3. The van der Waals surface area contributed by atoms with Gasteiger partial charge in [-0.3, -0.25) is 0 Å². The Kier molecular flexibility index (Phi) is 2.95. The number of pyridine rings is 1. The summed E-state index contributed by atoms with van der Waals surface area (Å²) in [5, 5.41) is 0. The van der Waals surface area contributed by atoms with Gasteiger partial charge in [0, 0.05) is 12.1 Å². The number of nitrogens with one attached hydrogen (secondary N) is 1. The first-order valence-electron chi connectivity index (χ1n) is 3.50. The van der Waals surface area contributed by atoms with E-state index < -0.39 is 6.04 Å². The van der Waals surface area contributed by atoms with Crippen molar-refractivity contribution in [3.63, 3.8) is 0 Å². The van der Waals surface area contributed by atoms with E-state index in [1.165, 1.54) is 0 Å². The lowest BCUT2D eigenvalue weighted by atomic mass is 10.4. The van der Waals surface area contributed by atoms with Crippen molar-refractivity contribution < 1.29 is 14.3 Å². The van der Waals surface area contributed by atoms with E-state index in [0.29, 0.717) is 12.6 Å². The number of carbonyl (C=O) groups excluding carboxylic acids is 2. The minimum atomic E-state index is -0.780. The van der Waals surface area contributed by atoms with Crippen LogP contribution in [-0.2, 0) is 9.59 Å². The number of carbonyl (C=O) groups is 2. The molecule has 1 rings (SSSR count). The van der Waals surface area contributed by atoms with E-state index in [0.717, 1.165) is 0 Å². The van der Waals surface area contributed by atoms with Crippen molar-refractivity contribution in [2.45, 2.75) is 6.04 Å². The van der Waals surface area contributed by atoms with Crippen molar-refractivity contribution >= 4 is 12.6 Å². The molecule has 0 aromatic carbocycles. The van der Waals surface area contributed by atoms with Crippen LogP contribution in [0, 0.1) is 0 Å². The van der Waals surface area contributed by atoms with E-state index in [4.69, 9.17) is 0 Å². The summed E-state index contributed by atoms with van der Waals surface area (Å²) in [5.74, 6) is 0. The predicted molar refractivity (Wildman–Crippen MR) is 41.9 cm³/mol. The van der Waals surface area contributed by atoms with Crippen LogP contribution in [0.5, 0.6) is 0 Å². The second-order valence-electron chi connectivity index (χ2n) is 2.21. The van der Waals surface area contributed by atoms with E-state index in [-0.39, 0.29) is 0 Å². The van der Waals surface area contributed by atoms with E-state index >= 15 is 0 Å². The van der Waals surface area contributed by atoms with Gasteiger partial charge in [-0.05, 0) is 0 Å². The highest BCUT2D eigenvalue weighted by Gasteiger charge is 2.08. The highest BCUT2D eigenvalue weighted by molar-refractivity contribution is 5.83. The molecule has 0 amide bonds. The Labute approximate surface area is 69.8 Å². The first kappa shape index (κ1) is 8.39. The van der Waals surface area contributed by atoms with Crippen LogP contribution in [0.25, 0.3) is 0 Å². The Morgan fingerprint density at radius 1 is 1.08 bits per heavy atom. The molecule has 62 valence electrons. The monoisotopic (exact) mass is 165 g/mol. The third kappa shape index (κ3) is 2.16. The van der Waals surface area contributed by atoms with Gasteiger partial charge in [0.25, 0.3) is 0 Å². The zero-order chi connectivity index (χ0) is 8.81. The van der Waals surface area contributed by atoms with Crippen LogP contribution in [0.4, 0.5) is 0 Å². The van der Waals surface area contributed by atoms with Gasteiger partial charge < -0.3 is 9.59 Å². The molecular formula is C8H9N2O2+. The SMILES string of the molecule is O=CC(C=O)N[n+]1ccccc1. The van der Waals surface area contributed by atoms with Crippen LogP contribution in [-0.4, -0.2) is 18.6 Å². The van der Waals surface area contributed by atoms with Crippen LogP contribution >= 0.6 is 0 Å². The van der Waals surface area contributed by atoms with Crippen molar-refractivity contribution in [3.8, 4) is 0 Å². The minimum Gasteiger partial charge on any atom is -0.300 e. The van der Waals surface area contributed by atoms with E-state index in [2.05, 4.69) is 5.43 Å². The van der Waals surface area contributed by atoms with Gasteiger partial charge in [0.2, 0.25) is 0 Å². The fourth-order valence-corrected chi connectivity index (χ4v) is 0.750. The maximum atomic E-state index is 10.2. The normalized spacial score (nSPS) is 9.42. The van der Waals surface area contributed by atoms with Crippen molar-refractivity contribution in [2.75, 3.05) is 5.43 Å². The summed E-state index contributed by atoms with van der Waals surface area (Å²) in [4.78, 5) is 20.5. The second-order valence-corrected chi connectivity index (χ2v) is 2.21. The smallest absolute Gasteiger partial charge is 0.199 e. The topological polar surface area (TPSA) is 50.1 Å². The van der Waals surface area contributed by atoms with E-state index in [1.54, 1.807) is 29.2 Å². The lowest BCUT2D eigenvalue weighted by Gasteiger charge is -1.99. The van der Waals surface area contributed by atoms with E-state index in [1.807, 2.05) is 6.07 Å². The van der Waals surface area contributed by atoms with Gasteiger partial charge in [0.1, 0.15) is 0 Å². The lowest BCUT2D eigenvalue weighted by Crippen LogP contribution is -2.50. The maximum absolute atomic E-state index is 10.2. The lowest BCUT2D eigenvalue weighted by molar-refractivity contribution is -0.650. The molecule has 4 heteroatoms. The Balaban J connectivity index is 2.62. The van der Waals surface area contributed by atoms with Gasteiger partial charge in [-0.15, -0.1) is 0 Å². The summed E-state index contributed by atoms with van der Waals surface area (Å²) in [6.07, 6.45) is 4.51. The van der Waals surface area contributed by atoms with Crippen molar-refractivity contribution in [2.24, 2.45) is 0 Å². The van der Waals surface area contributed by atoms with Crippen LogP contribution in [0.15, 0.2) is 30.6 Å². The molecule has 0 aliphatic rings. The minimum absolute atomic E-state index is 0.549. The summed E-state index contributed by atoms with van der Waals surface area (Å²) in [7, 11) is 0. The number of nitrogens with zero attached hydrogens (tertiary/aromatic N) is 1. The third-order valence-electron chi connectivity index (χ3n) is 1.31. The van der Waals surface area contributed by atoms with Gasteiger partial charge in [-0.2, -0.15) is 5.43 Å². The van der Waals surface area contributed by atoms with E-state index in [9.17, 15) is 9.59 Å². The second kappa shape index (κ2) is 4.23. The third-order valence-corrected chi connectivity index (χ3v) is 1.31. The Hall–Kier alpha value is -1.71. The van der Waals surface area contributed by atoms with Gasteiger partial charge in [-0.25, -0.2) is 0 Å². The number of aldehydes is 2. The quantitative estimate of drug-likeness (QED) is 0.364. The average molecular weight is 165 g/mol. The van der Waals surface area contributed by atoms with Crippen LogP contribution < -0.4 is 10.1 Å². The van der Waals surface area contributed by atoms with Crippen molar-refractivity contribution in [1.82, 2.24) is 0 Å². The standard InChI is InChI=1S/C8H9N2O2/c11-6-8(7-12)9-10-4-2-1-3-5-10/h1-9H/q+1. The van der Waals surface area contributed by atoms with Crippen LogP contribution in [0.3, 0.4) is 0 Å². The first-order chi connectivity index (χ1) is 5.86. The summed E-state index contributed by atoms with van der Waals surface area (Å²) >= 11 is 0. The van der Waals surface area contributed by atoms with Gasteiger partial charge in [0.05, 0.1) is 0 Å². The summed E-state index contributed by atoms with van der Waals surface area (Å²) in [6, 6.07) is 4.64. The maximum Gasteiger partial charge on any atom is 0.199 e. The number of rotatable bonds is 4. The number of hydrogen-bond donors (Lipinski definition) is 1. The molecule has 1 aromatic heterocycles. The molecule has 1 heterocycles. The molecule has 0 radical (unpaired) electrons. The highest BCUT2D eigenvalue weighted by Crippen LogP contribution is 1.75. The largest absolute Gasteiger partial charge is 0.300 e. The summed E-state index contributed by atoms with van der Waals surface area (Å²) in [6.45, 7) is 0. The molecule has 4 nitrogen and oxygen atoms in total. The molecular weight excluding hydrogens is 156 g/mol. The Morgan fingerprint density at radius 3 is 2.17 bits per heavy atom. The zero-order valence-corrected chi connectivity index (χ0v) is 6.38. The Bertz CT molecular complexity index is 253. The molecule has 0 saturated carbocycles. The zero-order valence-electron chi connectivity index (χ0n) is 6.38. The van der Waals surface area contributed by atoms with Crippen molar-refractivity contribution in [1.29, 1.82) is 0 Å². The molecule has 0 bridgehead atoms. The van der Waals surface area contributed by atoms with Crippen LogP contribution in [0.1, 0.15) is 0 Å². The highest BCUT2D eigenvalue weighted by atomic mass is 16.1. The molecule has 0 fully saturated rings. The summed E-state index contributed by atoms with van der Waals surface area (Å²) in [5.41, 5.74) is 2.66. The van der Waals surface area contributed by atoms with Gasteiger partial charge >= 0.3 is 0 Å². The van der Waals surface area contributed by atoms with Gasteiger partial charge in [0.15, 0.2) is 31.0 Å². The van der Waals surface area contributed by atoms with Crippen LogP contribution in [0.2, 0.25) is 0 Å². The average Bonchev–Trinajstić information content (AvgIpc) is 2.16. The molecule has 0 aliphatic heterocycles. The molecule has 1 N–H and O–H groups in total. The number of aromatic nitrogens is 1. The molecule has 0 spiro atoms. The van der Waals surface area contributed by atoms with Gasteiger partial charge in [-0.1, -0.05) is 10.7 Å². The molecule has 0 atom stereocenters. The summed E-state index contributed by atoms with van der Waals surface area (Å²) < 4.78 is 1.55. The fraction of sp³-hybridized carbons (Fsp3) is 0.125. The molecule has 0 unspecified atom stereocenters. The predicted octanol–water partition coefficient (Wildman–Crippen LogP) is -0.716. The molecule has 12 heavy (non-hydrogen) atoms. The molecule has 0 aliphatic carbocycles. The fourth-order valence-electron chi connectivity index (χ4n) is 0.750. The first-order valence-corrected chi connectivity index (χ1v) is 3.50. The van der Waals surface area contributed by atoms with Crippen molar-refractivity contribution in [3.05, 3.63) is 30.6 Å². The Morgan fingerprint density at radius 2 is 1.67 bits per heavy atom. The molecule has 1 aromatic rings.